The molecule has 0 saturated carbocycles. The van der Waals surface area contributed by atoms with Crippen molar-refractivity contribution in [2.45, 2.75) is 32.1 Å². The Balaban J connectivity index is 3.44. The van der Waals surface area contributed by atoms with Crippen molar-refractivity contribution in [3.63, 3.8) is 0 Å². The number of nitrogens with zero attached hydrogens (tertiary/aromatic N) is 2. The van der Waals surface area contributed by atoms with Gasteiger partial charge in [-0.3, -0.25) is 9.78 Å². The highest BCUT2D eigenvalue weighted by atomic mass is 16.4. The van der Waals surface area contributed by atoms with Crippen LogP contribution in [0.1, 0.15) is 31.5 Å². The summed E-state index contributed by atoms with van der Waals surface area (Å²) >= 11 is 0. The van der Waals surface area contributed by atoms with Gasteiger partial charge in [0.25, 0.3) is 0 Å². The van der Waals surface area contributed by atoms with Crippen molar-refractivity contribution in [3.05, 3.63) is 29.6 Å². The predicted molar refractivity (Wildman–Crippen MR) is 58.8 cm³/mol. The minimum atomic E-state index is -1.47. The smallest absolute Gasteiger partial charge is 0.328 e. The van der Waals surface area contributed by atoms with Crippen LogP contribution in [0.15, 0.2) is 18.3 Å². The average Bonchev–Trinajstić information content (AvgIpc) is 2.31. The highest BCUT2D eigenvalue weighted by molar-refractivity contribution is 5.85. The summed E-state index contributed by atoms with van der Waals surface area (Å²) in [6, 6.07) is 5.26. The van der Waals surface area contributed by atoms with E-state index in [1.165, 1.54) is 0 Å². The number of aryl methyl sites for hydroxylation is 1. The third-order valence-electron chi connectivity index (χ3n) is 2.77. The zero-order chi connectivity index (χ0) is 12.2. The molecule has 0 spiro atoms. The average molecular weight is 218 g/mol. The number of carboxylic acid groups (broad SMARTS) is 1. The topological polar surface area (TPSA) is 74.0 Å². The molecule has 1 unspecified atom stereocenters. The molecule has 0 amide bonds. The Bertz CT molecular complexity index is 437. The van der Waals surface area contributed by atoms with Crippen LogP contribution in [0.5, 0.6) is 0 Å². The molecule has 0 radical (unpaired) electrons. The van der Waals surface area contributed by atoms with Gasteiger partial charge in [0.15, 0.2) is 5.41 Å². The molecule has 4 nitrogen and oxygen atoms in total. The van der Waals surface area contributed by atoms with Crippen LogP contribution in [0.3, 0.4) is 0 Å². The first-order valence-corrected chi connectivity index (χ1v) is 5.21. The summed E-state index contributed by atoms with van der Waals surface area (Å²) in [6.45, 7) is 3.59. The van der Waals surface area contributed by atoms with Gasteiger partial charge in [-0.05, 0) is 18.9 Å². The van der Waals surface area contributed by atoms with E-state index in [9.17, 15) is 9.90 Å². The molecule has 0 bridgehead atoms. The summed E-state index contributed by atoms with van der Waals surface area (Å²) in [5.74, 6) is -1.11. The van der Waals surface area contributed by atoms with Gasteiger partial charge in [0.1, 0.15) is 0 Å². The molecule has 0 aliphatic rings. The lowest BCUT2D eigenvalue weighted by atomic mass is 9.78. The maximum Gasteiger partial charge on any atom is 0.328 e. The quantitative estimate of drug-likeness (QED) is 0.837. The van der Waals surface area contributed by atoms with E-state index in [1.54, 1.807) is 25.3 Å². The lowest BCUT2D eigenvalue weighted by molar-refractivity contribution is -0.141. The maximum absolute atomic E-state index is 11.3. The van der Waals surface area contributed by atoms with Crippen molar-refractivity contribution < 1.29 is 9.90 Å². The van der Waals surface area contributed by atoms with E-state index in [0.717, 1.165) is 0 Å². The van der Waals surface area contributed by atoms with Gasteiger partial charge in [-0.25, -0.2) is 0 Å². The fourth-order valence-corrected chi connectivity index (χ4v) is 1.75. The molecule has 4 heteroatoms. The van der Waals surface area contributed by atoms with Gasteiger partial charge >= 0.3 is 5.97 Å². The SMILES string of the molecule is CCc1ncccc1C(C#N)(CC)C(=O)O. The molecule has 1 aromatic rings. The Morgan fingerprint density at radius 3 is 2.75 bits per heavy atom. The summed E-state index contributed by atoms with van der Waals surface area (Å²) in [4.78, 5) is 15.4. The summed E-state index contributed by atoms with van der Waals surface area (Å²) in [5, 5.41) is 18.4. The van der Waals surface area contributed by atoms with E-state index < -0.39 is 11.4 Å². The number of aliphatic carboxylic acids is 1. The third-order valence-corrected chi connectivity index (χ3v) is 2.77. The summed E-state index contributed by atoms with van der Waals surface area (Å²) < 4.78 is 0. The van der Waals surface area contributed by atoms with Crippen LogP contribution in [-0.2, 0) is 16.6 Å². The van der Waals surface area contributed by atoms with Crippen LogP contribution in [0.4, 0.5) is 0 Å². The van der Waals surface area contributed by atoms with Crippen LogP contribution in [0, 0.1) is 11.3 Å². The van der Waals surface area contributed by atoms with Gasteiger partial charge in [-0.15, -0.1) is 0 Å². The molecule has 1 heterocycles. The Morgan fingerprint density at radius 1 is 1.62 bits per heavy atom. The standard InChI is InChI=1S/C12H14N2O2/c1-3-10-9(6-5-7-14-10)12(4-2,8-13)11(15)16/h5-7H,3-4H2,1-2H3,(H,15,16). The number of nitriles is 1. The zero-order valence-corrected chi connectivity index (χ0v) is 9.40. The molecule has 1 atom stereocenters. The molecular weight excluding hydrogens is 204 g/mol. The second-order valence-corrected chi connectivity index (χ2v) is 3.53. The highest BCUT2D eigenvalue weighted by Gasteiger charge is 2.40. The molecule has 0 aliphatic heterocycles. The molecule has 0 saturated heterocycles. The largest absolute Gasteiger partial charge is 0.480 e. The van der Waals surface area contributed by atoms with Crippen molar-refractivity contribution in [1.82, 2.24) is 4.98 Å². The zero-order valence-electron chi connectivity index (χ0n) is 9.40. The molecule has 0 fully saturated rings. The Morgan fingerprint density at radius 2 is 2.31 bits per heavy atom. The van der Waals surface area contributed by atoms with Crippen molar-refractivity contribution in [1.29, 1.82) is 5.26 Å². The lowest BCUT2D eigenvalue weighted by Gasteiger charge is -2.22. The minimum Gasteiger partial charge on any atom is -0.480 e. The van der Waals surface area contributed by atoms with Crippen LogP contribution in [-0.4, -0.2) is 16.1 Å². The van der Waals surface area contributed by atoms with Gasteiger partial charge in [0, 0.05) is 17.5 Å². The van der Waals surface area contributed by atoms with Gasteiger partial charge in [0.2, 0.25) is 0 Å². The van der Waals surface area contributed by atoms with Crippen molar-refractivity contribution in [2.75, 3.05) is 0 Å². The fraction of sp³-hybridized carbons (Fsp3) is 0.417. The number of hydrogen-bond acceptors (Lipinski definition) is 3. The summed E-state index contributed by atoms with van der Waals surface area (Å²) in [5.41, 5.74) is -0.289. The van der Waals surface area contributed by atoms with Crippen LogP contribution >= 0.6 is 0 Å². The first-order valence-electron chi connectivity index (χ1n) is 5.21. The molecular formula is C12H14N2O2. The summed E-state index contributed by atoms with van der Waals surface area (Å²) in [7, 11) is 0. The van der Waals surface area contributed by atoms with Crippen molar-refractivity contribution in [3.8, 4) is 6.07 Å². The number of rotatable bonds is 4. The highest BCUT2D eigenvalue weighted by Crippen LogP contribution is 2.29. The normalized spacial score (nSPS) is 13.8. The number of aromatic nitrogens is 1. The number of pyridine rings is 1. The van der Waals surface area contributed by atoms with Gasteiger partial charge in [-0.1, -0.05) is 19.9 Å². The Labute approximate surface area is 94.6 Å². The second-order valence-electron chi connectivity index (χ2n) is 3.53. The molecule has 1 N–H and O–H groups in total. The molecule has 1 rings (SSSR count). The first kappa shape index (κ1) is 12.2. The molecule has 84 valence electrons. The first-order chi connectivity index (χ1) is 7.62. The number of carboxylic acids is 1. The monoisotopic (exact) mass is 218 g/mol. The number of hydrogen-bond donors (Lipinski definition) is 1. The van der Waals surface area contributed by atoms with E-state index >= 15 is 0 Å². The van der Waals surface area contributed by atoms with E-state index in [2.05, 4.69) is 4.98 Å². The fourth-order valence-electron chi connectivity index (χ4n) is 1.75. The molecule has 16 heavy (non-hydrogen) atoms. The Kier molecular flexibility index (Phi) is 3.62. The van der Waals surface area contributed by atoms with Gasteiger partial charge < -0.3 is 5.11 Å². The van der Waals surface area contributed by atoms with Crippen LogP contribution < -0.4 is 0 Å². The van der Waals surface area contributed by atoms with E-state index in [0.29, 0.717) is 17.7 Å². The summed E-state index contributed by atoms with van der Waals surface area (Å²) in [6.07, 6.45) is 2.46. The number of carbonyl (C=O) groups is 1. The second kappa shape index (κ2) is 4.75. The third kappa shape index (κ3) is 1.76. The molecule has 0 aromatic carbocycles. The van der Waals surface area contributed by atoms with Crippen LogP contribution in [0.2, 0.25) is 0 Å². The maximum atomic E-state index is 11.3. The molecule has 0 aliphatic carbocycles. The van der Waals surface area contributed by atoms with Gasteiger partial charge in [-0.2, -0.15) is 5.26 Å². The van der Waals surface area contributed by atoms with Crippen molar-refractivity contribution >= 4 is 5.97 Å². The van der Waals surface area contributed by atoms with E-state index in [1.807, 2.05) is 13.0 Å². The lowest BCUT2D eigenvalue weighted by Crippen LogP contribution is -2.34. The minimum absolute atomic E-state index is 0.234. The molecule has 1 aromatic heterocycles. The van der Waals surface area contributed by atoms with E-state index in [4.69, 9.17) is 5.26 Å². The van der Waals surface area contributed by atoms with Crippen LogP contribution in [0.25, 0.3) is 0 Å². The van der Waals surface area contributed by atoms with Crippen molar-refractivity contribution in [2.24, 2.45) is 0 Å². The predicted octanol–water partition coefficient (Wildman–Crippen LogP) is 1.90. The van der Waals surface area contributed by atoms with E-state index in [-0.39, 0.29) is 6.42 Å². The van der Waals surface area contributed by atoms with Gasteiger partial charge in [0.05, 0.1) is 6.07 Å². The Hall–Kier alpha value is -1.89.